The Balaban J connectivity index is 1.78. The second-order valence-electron chi connectivity index (χ2n) is 6.39. The Bertz CT molecular complexity index is 1160. The fourth-order valence-electron chi connectivity index (χ4n) is 3.43. The molecule has 0 amide bonds. The molecule has 0 spiro atoms. The van der Waals surface area contributed by atoms with Gasteiger partial charge in [0, 0.05) is 5.56 Å². The molecule has 3 aromatic heterocycles. The van der Waals surface area contributed by atoms with Crippen LogP contribution in [-0.2, 0) is 6.42 Å². The average Bonchev–Trinajstić information content (AvgIpc) is 3.33. The molecular weight excluding hydrogens is 338 g/mol. The van der Waals surface area contributed by atoms with E-state index in [-0.39, 0.29) is 0 Å². The van der Waals surface area contributed by atoms with Gasteiger partial charge in [-0.05, 0) is 30.7 Å². The van der Waals surface area contributed by atoms with E-state index in [0.717, 1.165) is 51.8 Å². The molecule has 132 valence electrons. The summed E-state index contributed by atoms with van der Waals surface area (Å²) < 4.78 is 3.71. The summed E-state index contributed by atoms with van der Waals surface area (Å²) >= 11 is 0. The third-order valence-electron chi connectivity index (χ3n) is 4.67. The zero-order valence-electron chi connectivity index (χ0n) is 14.8. The molecule has 0 unspecified atom stereocenters. The molecule has 0 saturated carbocycles. The first kappa shape index (κ1) is 15.6. The summed E-state index contributed by atoms with van der Waals surface area (Å²) in [7, 11) is 0. The van der Waals surface area contributed by atoms with Gasteiger partial charge in [0.1, 0.15) is 11.0 Å². The van der Waals surface area contributed by atoms with Crippen molar-refractivity contribution in [2.45, 2.75) is 19.8 Å². The molecule has 27 heavy (non-hydrogen) atoms. The molecule has 0 fully saturated rings. The minimum atomic E-state index is 0.858. The fourth-order valence-corrected chi connectivity index (χ4v) is 3.43. The molecule has 0 saturated heterocycles. The lowest BCUT2D eigenvalue weighted by molar-refractivity contribution is 0.769. The van der Waals surface area contributed by atoms with Gasteiger partial charge in [0.2, 0.25) is 0 Å². The molecular formula is C20H17N7. The topological polar surface area (TPSA) is 74.3 Å². The lowest BCUT2D eigenvalue weighted by atomic mass is 10.1. The van der Waals surface area contributed by atoms with E-state index in [0.29, 0.717) is 0 Å². The van der Waals surface area contributed by atoms with Gasteiger partial charge in [-0.1, -0.05) is 48.0 Å². The first-order chi connectivity index (χ1) is 13.4. The van der Waals surface area contributed by atoms with Crippen LogP contribution in [0.5, 0.6) is 0 Å². The van der Waals surface area contributed by atoms with Crippen LogP contribution in [0.15, 0.2) is 60.9 Å². The fraction of sp³-hybridized carbons (Fsp3) is 0.150. The summed E-state index contributed by atoms with van der Waals surface area (Å²) in [4.78, 5) is 4.48. The molecule has 5 rings (SSSR count). The third-order valence-corrected chi connectivity index (χ3v) is 4.67. The van der Waals surface area contributed by atoms with Crippen LogP contribution in [0.4, 0.5) is 0 Å². The highest BCUT2D eigenvalue weighted by Crippen LogP contribution is 2.26. The van der Waals surface area contributed by atoms with Gasteiger partial charge in [-0.15, -0.1) is 10.2 Å². The highest BCUT2D eigenvalue weighted by molar-refractivity contribution is 5.78. The smallest absolute Gasteiger partial charge is 0.113 e. The molecule has 0 aliphatic heterocycles. The second-order valence-corrected chi connectivity index (χ2v) is 6.39. The largest absolute Gasteiger partial charge is 0.260 e. The highest BCUT2D eigenvalue weighted by atomic mass is 15.4. The van der Waals surface area contributed by atoms with Crippen LogP contribution in [0, 0.1) is 0 Å². The first-order valence-electron chi connectivity index (χ1n) is 8.95. The highest BCUT2D eigenvalue weighted by Gasteiger charge is 2.17. The number of hydrogen-bond acceptors (Lipinski definition) is 5. The summed E-state index contributed by atoms with van der Waals surface area (Å²) in [6.45, 7) is 2.16. The number of para-hydroxylation sites is 2. The van der Waals surface area contributed by atoms with Gasteiger partial charge in [0.15, 0.2) is 0 Å². The Hall–Kier alpha value is -3.61. The summed E-state index contributed by atoms with van der Waals surface area (Å²) in [6.07, 6.45) is 5.54. The van der Waals surface area contributed by atoms with Crippen LogP contribution >= 0.6 is 0 Å². The molecule has 7 nitrogen and oxygen atoms in total. The monoisotopic (exact) mass is 355 g/mol. The molecule has 0 N–H and O–H groups in total. The third kappa shape index (κ3) is 2.47. The summed E-state index contributed by atoms with van der Waals surface area (Å²) in [6, 6.07) is 15.9. The zero-order valence-corrected chi connectivity index (χ0v) is 14.8. The summed E-state index contributed by atoms with van der Waals surface area (Å²) in [5, 5.41) is 17.3. The SMILES string of the molecule is CCCc1c(-n2nnc3ccccc32)cncc1-n1nnc2ccccc21. The van der Waals surface area contributed by atoms with Gasteiger partial charge in [-0.25, -0.2) is 9.36 Å². The van der Waals surface area contributed by atoms with E-state index in [1.54, 1.807) is 0 Å². The number of pyridine rings is 1. The van der Waals surface area contributed by atoms with Gasteiger partial charge in [-0.3, -0.25) is 4.98 Å². The van der Waals surface area contributed by atoms with Crippen molar-refractivity contribution in [2.75, 3.05) is 0 Å². The summed E-state index contributed by atoms with van der Waals surface area (Å²) in [5.41, 5.74) is 6.59. The van der Waals surface area contributed by atoms with Crippen molar-refractivity contribution in [3.8, 4) is 11.4 Å². The van der Waals surface area contributed by atoms with Crippen LogP contribution in [-0.4, -0.2) is 35.0 Å². The van der Waals surface area contributed by atoms with E-state index >= 15 is 0 Å². The number of fused-ring (bicyclic) bond motifs is 2. The molecule has 0 radical (unpaired) electrons. The second kappa shape index (κ2) is 6.28. The van der Waals surface area contributed by atoms with Crippen molar-refractivity contribution >= 4 is 22.1 Å². The van der Waals surface area contributed by atoms with Crippen LogP contribution in [0.25, 0.3) is 33.4 Å². The Morgan fingerprint density at radius 1 is 0.741 bits per heavy atom. The van der Waals surface area contributed by atoms with E-state index in [4.69, 9.17) is 0 Å². The molecule has 5 aromatic rings. The van der Waals surface area contributed by atoms with E-state index in [1.165, 1.54) is 0 Å². The molecule has 0 bridgehead atoms. The molecule has 0 atom stereocenters. The summed E-state index contributed by atoms with van der Waals surface area (Å²) in [5.74, 6) is 0. The van der Waals surface area contributed by atoms with Crippen molar-refractivity contribution in [2.24, 2.45) is 0 Å². The van der Waals surface area contributed by atoms with E-state index in [1.807, 2.05) is 70.3 Å². The average molecular weight is 355 g/mol. The lowest BCUT2D eigenvalue weighted by Crippen LogP contribution is -2.09. The normalized spacial score (nSPS) is 11.4. The standard InChI is InChI=1S/C20H17N7/c1-2-7-14-19(26-17-10-5-3-8-15(17)22-24-26)12-21-13-20(14)27-18-11-6-4-9-16(18)23-25-27/h3-6,8-13H,2,7H2,1H3. The van der Waals surface area contributed by atoms with Gasteiger partial charge in [-0.2, -0.15) is 0 Å². The Labute approximate surface area is 155 Å². The van der Waals surface area contributed by atoms with Gasteiger partial charge in [0.25, 0.3) is 0 Å². The molecule has 7 heteroatoms. The Morgan fingerprint density at radius 2 is 1.26 bits per heavy atom. The minimum Gasteiger partial charge on any atom is -0.260 e. The molecule has 0 aliphatic rings. The van der Waals surface area contributed by atoms with Crippen molar-refractivity contribution in [3.05, 3.63) is 66.5 Å². The molecule has 2 aromatic carbocycles. The number of nitrogens with zero attached hydrogens (tertiary/aromatic N) is 7. The maximum absolute atomic E-state index is 4.48. The number of rotatable bonds is 4. The molecule has 3 heterocycles. The van der Waals surface area contributed by atoms with Crippen molar-refractivity contribution in [1.82, 2.24) is 35.0 Å². The van der Waals surface area contributed by atoms with Gasteiger partial charge in [0.05, 0.1) is 34.8 Å². The Morgan fingerprint density at radius 3 is 1.78 bits per heavy atom. The quantitative estimate of drug-likeness (QED) is 0.493. The number of hydrogen-bond donors (Lipinski definition) is 0. The lowest BCUT2D eigenvalue weighted by Gasteiger charge is -2.14. The van der Waals surface area contributed by atoms with E-state index in [2.05, 4.69) is 32.5 Å². The minimum absolute atomic E-state index is 0.858. The number of aromatic nitrogens is 7. The van der Waals surface area contributed by atoms with Gasteiger partial charge >= 0.3 is 0 Å². The van der Waals surface area contributed by atoms with Crippen molar-refractivity contribution < 1.29 is 0 Å². The van der Waals surface area contributed by atoms with Crippen LogP contribution in [0.1, 0.15) is 18.9 Å². The molecule has 0 aliphatic carbocycles. The predicted molar refractivity (Wildman–Crippen MR) is 103 cm³/mol. The predicted octanol–water partition coefficient (Wildman–Crippen LogP) is 3.50. The Kier molecular flexibility index (Phi) is 3.64. The first-order valence-corrected chi connectivity index (χ1v) is 8.95. The van der Waals surface area contributed by atoms with Crippen LogP contribution < -0.4 is 0 Å². The van der Waals surface area contributed by atoms with Crippen molar-refractivity contribution in [3.63, 3.8) is 0 Å². The van der Waals surface area contributed by atoms with E-state index < -0.39 is 0 Å². The van der Waals surface area contributed by atoms with Crippen LogP contribution in [0.3, 0.4) is 0 Å². The maximum Gasteiger partial charge on any atom is 0.113 e. The zero-order chi connectivity index (χ0) is 18.2. The van der Waals surface area contributed by atoms with Crippen molar-refractivity contribution in [1.29, 1.82) is 0 Å². The maximum atomic E-state index is 4.48. The number of benzene rings is 2. The van der Waals surface area contributed by atoms with Gasteiger partial charge < -0.3 is 0 Å². The van der Waals surface area contributed by atoms with Crippen LogP contribution in [0.2, 0.25) is 0 Å². The van der Waals surface area contributed by atoms with E-state index in [9.17, 15) is 0 Å².